The van der Waals surface area contributed by atoms with Crippen LogP contribution in [0.3, 0.4) is 0 Å². The molecule has 0 saturated heterocycles. The van der Waals surface area contributed by atoms with Crippen LogP contribution >= 0.6 is 0 Å². The molecule has 0 rings (SSSR count). The fourth-order valence-electron chi connectivity index (χ4n) is 0.318. The van der Waals surface area contributed by atoms with Crippen LogP contribution in [0.5, 0.6) is 0 Å². The Morgan fingerprint density at radius 3 is 1.39 bits per heavy atom. The van der Waals surface area contributed by atoms with E-state index in [0.29, 0.717) is 0 Å². The van der Waals surface area contributed by atoms with Crippen molar-refractivity contribution in [2.75, 3.05) is 0 Å². The molecule has 0 aromatic carbocycles. The van der Waals surface area contributed by atoms with Gasteiger partial charge < -0.3 is 15.0 Å². The van der Waals surface area contributed by atoms with E-state index in [1.807, 2.05) is 0 Å². The molecular formula is C4H7Cr2KO11. The standard InChI is InChI=1S/C4H6O4.2Cr.K.2H2O.5O/c5-3(6)1-2-4(7)8;;;;;;;;;;/h1-2H2,(H,5,6)(H,7,8);;;;2*1H2;;;;;/q;3*+1;;;;;;;/p-3. The summed E-state index contributed by atoms with van der Waals surface area (Å²) < 4.78 is 56.3. The molecule has 102 valence electrons. The molecule has 0 unspecified atom stereocenters. The van der Waals surface area contributed by atoms with Crippen molar-refractivity contribution in [3.63, 3.8) is 0 Å². The molecule has 18 heavy (non-hydrogen) atoms. The van der Waals surface area contributed by atoms with E-state index in [4.69, 9.17) is 13.4 Å². The predicted molar refractivity (Wildman–Crippen MR) is 30.1 cm³/mol. The molecule has 0 aliphatic heterocycles. The van der Waals surface area contributed by atoms with Gasteiger partial charge in [0, 0.05) is 5.97 Å². The summed E-state index contributed by atoms with van der Waals surface area (Å²) >= 11 is -11.5. The van der Waals surface area contributed by atoms with Crippen LogP contribution in [0, 0.1) is 0 Å². The minimum atomic E-state index is -5.76. The molecule has 11 nitrogen and oxygen atoms in total. The third kappa shape index (κ3) is 30.1. The van der Waals surface area contributed by atoms with Crippen LogP contribution in [0.2, 0.25) is 0 Å². The molecule has 0 aliphatic rings. The number of carbonyl (C=O) groups excluding carboxylic acids is 1. The molecule has 0 aromatic rings. The van der Waals surface area contributed by atoms with Gasteiger partial charge in [-0.25, -0.2) is 0 Å². The van der Waals surface area contributed by atoms with Gasteiger partial charge in [-0.2, -0.15) is 0 Å². The number of hydrogen-bond acceptors (Lipinski definition) is 8. The van der Waals surface area contributed by atoms with E-state index in [0.717, 1.165) is 0 Å². The average Bonchev–Trinajstić information content (AvgIpc) is 1.94. The predicted octanol–water partition coefficient (Wildman–Crippen LogP) is -6.06. The Kier molecular flexibility index (Phi) is 13.9. The Morgan fingerprint density at radius 2 is 1.33 bits per heavy atom. The summed E-state index contributed by atoms with van der Waals surface area (Å²) in [4.78, 5) is 19.1. The first-order chi connectivity index (χ1) is 7.33. The molecule has 0 radical (unpaired) electrons. The Balaban J connectivity index is -0.000000238. The summed E-state index contributed by atoms with van der Waals surface area (Å²) in [6, 6.07) is 0. The topological polar surface area (TPSA) is 195 Å². The SMILES string of the molecule is O=C([O-])CCC(=O)O.[K+].[O]=[Cr](=[O])([OH])[O][Cr](=[O])(=[O])[OH]. The molecule has 0 spiro atoms. The zero-order valence-corrected chi connectivity index (χ0v) is 14.5. The minimum absolute atomic E-state index is 0. The van der Waals surface area contributed by atoms with Crippen molar-refractivity contribution in [3.05, 3.63) is 0 Å². The van der Waals surface area contributed by atoms with Gasteiger partial charge in [0.15, 0.2) is 0 Å². The molecule has 0 atom stereocenters. The third-order valence-corrected chi connectivity index (χ3v) is 3.47. The van der Waals surface area contributed by atoms with Crippen LogP contribution in [-0.2, 0) is 54.9 Å². The van der Waals surface area contributed by atoms with Gasteiger partial charge in [-0.3, -0.25) is 4.79 Å². The maximum absolute atomic E-state index is 9.61. The zero-order chi connectivity index (χ0) is 14.3. The van der Waals surface area contributed by atoms with Crippen molar-refractivity contribution in [2.24, 2.45) is 0 Å². The van der Waals surface area contributed by atoms with E-state index in [1.165, 1.54) is 0 Å². The Morgan fingerprint density at radius 1 is 1.00 bits per heavy atom. The molecule has 0 bridgehead atoms. The second-order valence-corrected chi connectivity index (χ2v) is 5.95. The van der Waals surface area contributed by atoms with Gasteiger partial charge in [-0.05, 0) is 6.42 Å². The monoisotopic (exact) mass is 374 g/mol. The second kappa shape index (κ2) is 10.5. The second-order valence-electron chi connectivity index (χ2n) is 2.19. The van der Waals surface area contributed by atoms with Gasteiger partial charge in [0.05, 0.1) is 6.42 Å². The van der Waals surface area contributed by atoms with Gasteiger partial charge in [0.25, 0.3) is 0 Å². The van der Waals surface area contributed by atoms with Crippen LogP contribution in [0.1, 0.15) is 12.8 Å². The fraction of sp³-hybridized carbons (Fsp3) is 0.500. The van der Waals surface area contributed by atoms with Crippen molar-refractivity contribution in [2.45, 2.75) is 12.8 Å². The first-order valence-electron chi connectivity index (χ1n) is 3.41. The molecule has 0 aromatic heterocycles. The van der Waals surface area contributed by atoms with Crippen molar-refractivity contribution >= 4 is 11.9 Å². The van der Waals surface area contributed by atoms with Crippen LogP contribution < -0.4 is 56.5 Å². The molecule has 0 aliphatic carbocycles. The summed E-state index contributed by atoms with van der Waals surface area (Å²) in [7, 11) is 0. The molecular weight excluding hydrogens is 367 g/mol. The quantitative estimate of drug-likeness (QED) is 0.387. The fourth-order valence-corrected chi connectivity index (χ4v) is 2.06. The van der Waals surface area contributed by atoms with Gasteiger partial charge in [-0.15, -0.1) is 0 Å². The summed E-state index contributed by atoms with van der Waals surface area (Å²) in [6.45, 7) is 0. The van der Waals surface area contributed by atoms with Gasteiger partial charge in [-0.1, -0.05) is 0 Å². The van der Waals surface area contributed by atoms with Gasteiger partial charge in [0.2, 0.25) is 0 Å². The number of hydrogen-bond donors (Lipinski definition) is 3. The number of carboxylic acids is 2. The van der Waals surface area contributed by atoms with Crippen LogP contribution in [0.25, 0.3) is 0 Å². The Hall–Kier alpha value is 0.721. The number of carboxylic acid groups (broad SMARTS) is 2. The van der Waals surface area contributed by atoms with Crippen molar-refractivity contribution < 1.29 is 125 Å². The first-order valence-corrected chi connectivity index (χ1v) is 7.67. The zero-order valence-electron chi connectivity index (χ0n) is 8.84. The normalized spacial score (nSPS) is 10.6. The van der Waals surface area contributed by atoms with Gasteiger partial charge in [0.1, 0.15) is 0 Å². The molecule has 14 heteroatoms. The van der Waals surface area contributed by atoms with E-state index in [-0.39, 0.29) is 57.8 Å². The summed E-state index contributed by atoms with van der Waals surface area (Å²) in [6.07, 6.45) is -0.766. The average molecular weight is 374 g/mol. The number of aliphatic carboxylic acids is 2. The molecule has 0 saturated carbocycles. The number of carbonyl (C=O) groups is 2. The van der Waals surface area contributed by atoms with Crippen molar-refractivity contribution in [3.8, 4) is 0 Å². The van der Waals surface area contributed by atoms with E-state index in [9.17, 15) is 29.9 Å². The maximum atomic E-state index is 9.61. The molecule has 0 fully saturated rings. The first kappa shape index (κ1) is 23.8. The summed E-state index contributed by atoms with van der Waals surface area (Å²) in [5.41, 5.74) is 0. The van der Waals surface area contributed by atoms with E-state index >= 15 is 0 Å². The van der Waals surface area contributed by atoms with Crippen LogP contribution in [0.4, 0.5) is 0 Å². The van der Waals surface area contributed by atoms with Crippen LogP contribution in [-0.4, -0.2) is 25.4 Å². The Labute approximate surface area is 147 Å². The van der Waals surface area contributed by atoms with Crippen molar-refractivity contribution in [1.29, 1.82) is 0 Å². The Bertz CT molecular complexity index is 417. The molecule has 0 amide bonds. The third-order valence-electron chi connectivity index (χ3n) is 0.715. The molecule has 3 N–H and O–H groups in total. The van der Waals surface area contributed by atoms with Crippen LogP contribution in [0.15, 0.2) is 0 Å². The van der Waals surface area contributed by atoms with E-state index in [1.54, 1.807) is 0 Å². The van der Waals surface area contributed by atoms with Crippen molar-refractivity contribution in [1.82, 2.24) is 0 Å². The van der Waals surface area contributed by atoms with Gasteiger partial charge >= 0.3 is 111 Å². The van der Waals surface area contributed by atoms with E-state index in [2.05, 4.69) is 2.84 Å². The molecule has 0 heterocycles. The number of rotatable bonds is 5. The summed E-state index contributed by atoms with van der Waals surface area (Å²) in [5.74, 6) is -2.44. The van der Waals surface area contributed by atoms with E-state index < -0.39 is 45.6 Å². The summed E-state index contributed by atoms with van der Waals surface area (Å²) in [5, 5.41) is 17.4.